The maximum atomic E-state index is 12.2. The minimum atomic E-state index is -0.553. The van der Waals surface area contributed by atoms with E-state index in [1.54, 1.807) is 13.0 Å². The second kappa shape index (κ2) is 6.02. The van der Waals surface area contributed by atoms with Gasteiger partial charge in [-0.25, -0.2) is 0 Å². The minimum Gasteiger partial charge on any atom is -0.347 e. The van der Waals surface area contributed by atoms with E-state index in [1.165, 1.54) is 12.1 Å². The van der Waals surface area contributed by atoms with E-state index in [-0.39, 0.29) is 11.3 Å². The van der Waals surface area contributed by atoms with Crippen molar-refractivity contribution in [3.05, 3.63) is 39.4 Å². The summed E-state index contributed by atoms with van der Waals surface area (Å²) in [4.78, 5) is 22.5. The van der Waals surface area contributed by atoms with Gasteiger partial charge < -0.3 is 5.32 Å². The van der Waals surface area contributed by atoms with Crippen molar-refractivity contribution in [2.45, 2.75) is 32.7 Å². The highest BCUT2D eigenvalue weighted by molar-refractivity contribution is 6.17. The van der Waals surface area contributed by atoms with Gasteiger partial charge >= 0.3 is 0 Å². The Labute approximate surface area is 117 Å². The summed E-state index contributed by atoms with van der Waals surface area (Å²) < 4.78 is 0. The molecule has 0 aromatic heterocycles. The first-order valence-corrected chi connectivity index (χ1v) is 6.44. The number of hydrogen-bond acceptors (Lipinski definition) is 3. The lowest BCUT2D eigenvalue weighted by molar-refractivity contribution is -0.385. The average Bonchev–Trinajstić information content (AvgIpc) is 2.27. The van der Waals surface area contributed by atoms with Gasteiger partial charge in [-0.05, 0) is 38.8 Å². The monoisotopic (exact) mass is 284 g/mol. The molecular formula is C13H17ClN2O3. The summed E-state index contributed by atoms with van der Waals surface area (Å²) in [5.74, 6) is -0.0473. The van der Waals surface area contributed by atoms with Gasteiger partial charge in [0.2, 0.25) is 0 Å². The van der Waals surface area contributed by atoms with Crippen LogP contribution in [-0.2, 0) is 0 Å². The Morgan fingerprint density at radius 3 is 2.63 bits per heavy atom. The van der Waals surface area contributed by atoms with Crippen molar-refractivity contribution in [1.82, 2.24) is 5.32 Å². The largest absolute Gasteiger partial charge is 0.347 e. The maximum absolute atomic E-state index is 12.2. The van der Waals surface area contributed by atoms with Crippen molar-refractivity contribution in [2.75, 3.05) is 5.88 Å². The van der Waals surface area contributed by atoms with Crippen molar-refractivity contribution in [2.24, 2.45) is 0 Å². The molecule has 0 atom stereocenters. The van der Waals surface area contributed by atoms with Gasteiger partial charge in [0.15, 0.2) is 0 Å². The summed E-state index contributed by atoms with van der Waals surface area (Å²) in [5.41, 5.74) is 0.180. The molecule has 0 aliphatic rings. The number of nitro groups is 1. The van der Waals surface area contributed by atoms with Gasteiger partial charge in [-0.2, -0.15) is 0 Å². The topological polar surface area (TPSA) is 72.2 Å². The van der Waals surface area contributed by atoms with Crippen LogP contribution in [0.15, 0.2) is 18.2 Å². The van der Waals surface area contributed by atoms with Crippen molar-refractivity contribution in [1.29, 1.82) is 0 Å². The molecule has 1 amide bonds. The molecule has 104 valence electrons. The smallest absolute Gasteiger partial charge is 0.282 e. The van der Waals surface area contributed by atoms with E-state index in [9.17, 15) is 14.9 Å². The van der Waals surface area contributed by atoms with Gasteiger partial charge in [0.25, 0.3) is 11.6 Å². The molecule has 1 aromatic carbocycles. The Kier molecular flexibility index (Phi) is 4.89. The lowest BCUT2D eigenvalue weighted by atomic mass is 10.0. The molecule has 1 N–H and O–H groups in total. The summed E-state index contributed by atoms with van der Waals surface area (Å²) in [6.07, 6.45) is 0.583. The number of aryl methyl sites for hydroxylation is 1. The van der Waals surface area contributed by atoms with Crippen molar-refractivity contribution in [3.8, 4) is 0 Å². The molecule has 19 heavy (non-hydrogen) atoms. The van der Waals surface area contributed by atoms with Crippen LogP contribution in [0.4, 0.5) is 5.69 Å². The third-order valence-corrected chi connectivity index (χ3v) is 2.95. The number of amides is 1. The molecule has 0 heterocycles. The Morgan fingerprint density at radius 2 is 2.11 bits per heavy atom. The first kappa shape index (κ1) is 15.4. The maximum Gasteiger partial charge on any atom is 0.282 e. The molecule has 0 radical (unpaired) electrons. The first-order valence-electron chi connectivity index (χ1n) is 5.90. The lowest BCUT2D eigenvalue weighted by Crippen LogP contribution is -2.43. The number of carbonyl (C=O) groups is 1. The van der Waals surface area contributed by atoms with Gasteiger partial charge in [0.1, 0.15) is 5.56 Å². The SMILES string of the molecule is Cc1ccc([N+](=O)[O-])c(C(=O)NC(C)(C)CCCl)c1. The molecule has 0 aliphatic carbocycles. The summed E-state index contributed by atoms with van der Waals surface area (Å²) >= 11 is 5.66. The summed E-state index contributed by atoms with van der Waals surface area (Å²) in [7, 11) is 0. The van der Waals surface area contributed by atoms with Crippen molar-refractivity contribution >= 4 is 23.2 Å². The second-order valence-corrected chi connectivity index (χ2v) is 5.43. The van der Waals surface area contributed by atoms with E-state index in [1.807, 2.05) is 13.8 Å². The molecule has 0 saturated heterocycles. The van der Waals surface area contributed by atoms with Crippen LogP contribution in [0.25, 0.3) is 0 Å². The van der Waals surface area contributed by atoms with Crippen LogP contribution < -0.4 is 5.32 Å². The number of rotatable bonds is 5. The van der Waals surface area contributed by atoms with Crippen LogP contribution >= 0.6 is 11.6 Å². The fraction of sp³-hybridized carbons (Fsp3) is 0.462. The molecule has 6 heteroatoms. The molecule has 0 bridgehead atoms. The highest BCUT2D eigenvalue weighted by Crippen LogP contribution is 2.21. The molecule has 0 fully saturated rings. The van der Waals surface area contributed by atoms with Gasteiger partial charge in [-0.3, -0.25) is 14.9 Å². The third kappa shape index (κ3) is 4.21. The number of nitro benzene ring substituents is 1. The van der Waals surface area contributed by atoms with Crippen molar-refractivity contribution in [3.63, 3.8) is 0 Å². The van der Waals surface area contributed by atoms with Crippen LogP contribution in [0.3, 0.4) is 0 Å². The highest BCUT2D eigenvalue weighted by atomic mass is 35.5. The summed E-state index contributed by atoms with van der Waals surface area (Å²) in [6.45, 7) is 5.44. The number of hydrogen-bond donors (Lipinski definition) is 1. The molecule has 1 aromatic rings. The third-order valence-electron chi connectivity index (χ3n) is 2.76. The standard InChI is InChI=1S/C13H17ClN2O3/c1-9-4-5-11(16(18)19)10(8-9)12(17)15-13(2,3)6-7-14/h4-5,8H,6-7H2,1-3H3,(H,15,17). The van der Waals surface area contributed by atoms with Gasteiger partial charge in [-0.15, -0.1) is 11.6 Å². The average molecular weight is 285 g/mol. The number of halogens is 1. The van der Waals surface area contributed by atoms with E-state index < -0.39 is 16.4 Å². The van der Waals surface area contributed by atoms with Gasteiger partial charge in [0, 0.05) is 17.5 Å². The summed E-state index contributed by atoms with van der Waals surface area (Å²) in [5, 5.41) is 13.7. The zero-order valence-electron chi connectivity index (χ0n) is 11.2. The summed E-state index contributed by atoms with van der Waals surface area (Å²) in [6, 6.07) is 4.47. The quantitative estimate of drug-likeness (QED) is 0.513. The molecule has 0 unspecified atom stereocenters. The predicted octanol–water partition coefficient (Wildman–Crippen LogP) is 3.04. The van der Waals surface area contributed by atoms with Crippen LogP contribution in [0.1, 0.15) is 36.2 Å². The van der Waals surface area contributed by atoms with Crippen LogP contribution in [0, 0.1) is 17.0 Å². The Bertz CT molecular complexity index is 501. The zero-order chi connectivity index (χ0) is 14.6. The second-order valence-electron chi connectivity index (χ2n) is 5.05. The predicted molar refractivity (Wildman–Crippen MR) is 74.7 cm³/mol. The normalized spacial score (nSPS) is 11.2. The number of alkyl halides is 1. The van der Waals surface area contributed by atoms with Gasteiger partial charge in [0.05, 0.1) is 4.92 Å². The van der Waals surface area contributed by atoms with Crippen LogP contribution in [0.5, 0.6) is 0 Å². The van der Waals surface area contributed by atoms with Gasteiger partial charge in [-0.1, -0.05) is 6.07 Å². The Morgan fingerprint density at radius 1 is 1.47 bits per heavy atom. The number of nitrogens with zero attached hydrogens (tertiary/aromatic N) is 1. The molecule has 0 saturated carbocycles. The lowest BCUT2D eigenvalue weighted by Gasteiger charge is -2.25. The molecule has 0 spiro atoms. The van der Waals surface area contributed by atoms with Crippen LogP contribution in [-0.4, -0.2) is 22.2 Å². The molecule has 5 nitrogen and oxygen atoms in total. The van der Waals surface area contributed by atoms with E-state index in [0.29, 0.717) is 12.3 Å². The van der Waals surface area contributed by atoms with E-state index in [2.05, 4.69) is 5.32 Å². The zero-order valence-corrected chi connectivity index (χ0v) is 12.0. The van der Waals surface area contributed by atoms with Crippen molar-refractivity contribution < 1.29 is 9.72 Å². The number of carbonyl (C=O) groups excluding carboxylic acids is 1. The molecule has 1 rings (SSSR count). The molecule has 0 aliphatic heterocycles. The highest BCUT2D eigenvalue weighted by Gasteiger charge is 2.25. The number of nitrogens with one attached hydrogen (secondary N) is 1. The fourth-order valence-corrected chi connectivity index (χ4v) is 2.14. The van der Waals surface area contributed by atoms with Crippen LogP contribution in [0.2, 0.25) is 0 Å². The van der Waals surface area contributed by atoms with E-state index >= 15 is 0 Å². The first-order chi connectivity index (χ1) is 8.76. The van der Waals surface area contributed by atoms with E-state index in [4.69, 9.17) is 11.6 Å². The number of benzene rings is 1. The molecular weight excluding hydrogens is 268 g/mol. The minimum absolute atomic E-state index is 0.0765. The van der Waals surface area contributed by atoms with E-state index in [0.717, 1.165) is 5.56 Å². The Balaban J connectivity index is 3.05. The Hall–Kier alpha value is -1.62. The fourth-order valence-electron chi connectivity index (χ4n) is 1.66.